The minimum Gasteiger partial charge on any atom is -0.494 e. The zero-order valence-electron chi connectivity index (χ0n) is 17.6. The van der Waals surface area contributed by atoms with Crippen LogP contribution in [-0.4, -0.2) is 37.2 Å². The summed E-state index contributed by atoms with van der Waals surface area (Å²) < 4.78 is 11.8. The van der Waals surface area contributed by atoms with E-state index in [1.54, 1.807) is 18.4 Å². The summed E-state index contributed by atoms with van der Waals surface area (Å²) in [6, 6.07) is 4.20. The van der Waals surface area contributed by atoms with Gasteiger partial charge in [-0.05, 0) is 32.4 Å². The van der Waals surface area contributed by atoms with Crippen LogP contribution in [0.4, 0.5) is 0 Å². The Morgan fingerprint density at radius 2 is 2.17 bits per heavy atom. The number of nitrogens with one attached hydrogen (secondary N) is 2. The molecule has 1 aliphatic rings. The number of nitrogens with zero attached hydrogens (tertiary/aromatic N) is 2. The highest BCUT2D eigenvalue weighted by Gasteiger charge is 2.21. The smallest absolute Gasteiger partial charge is 0.191 e. The van der Waals surface area contributed by atoms with Crippen LogP contribution < -0.4 is 20.1 Å². The van der Waals surface area contributed by atoms with Gasteiger partial charge < -0.3 is 20.1 Å². The fourth-order valence-electron chi connectivity index (χ4n) is 3.22. The number of guanidine groups is 1. The molecule has 3 rings (SSSR count). The molecule has 1 atom stereocenters. The lowest BCUT2D eigenvalue weighted by molar-refractivity contribution is 0.254. The van der Waals surface area contributed by atoms with Crippen molar-refractivity contribution in [1.82, 2.24) is 15.6 Å². The number of aryl methyl sites for hydroxylation is 1. The van der Waals surface area contributed by atoms with Crippen molar-refractivity contribution in [1.29, 1.82) is 0 Å². The fraction of sp³-hybridized carbons (Fsp3) is 0.524. The molecule has 2 aromatic rings. The highest BCUT2D eigenvalue weighted by Crippen LogP contribution is 2.35. The summed E-state index contributed by atoms with van der Waals surface area (Å²) in [6.07, 6.45) is 5.06. The largest absolute Gasteiger partial charge is 0.494 e. The molecule has 29 heavy (non-hydrogen) atoms. The van der Waals surface area contributed by atoms with Gasteiger partial charge in [0.25, 0.3) is 0 Å². The fourth-order valence-corrected chi connectivity index (χ4v) is 4.09. The monoisotopic (exact) mass is 530 g/mol. The van der Waals surface area contributed by atoms with E-state index in [0.29, 0.717) is 13.2 Å². The van der Waals surface area contributed by atoms with Gasteiger partial charge in [0.2, 0.25) is 0 Å². The van der Waals surface area contributed by atoms with Gasteiger partial charge in [0.15, 0.2) is 5.96 Å². The molecule has 0 aliphatic carbocycles. The van der Waals surface area contributed by atoms with Crippen LogP contribution in [-0.2, 0) is 25.8 Å². The zero-order chi connectivity index (χ0) is 19.9. The molecule has 1 aliphatic heterocycles. The predicted octanol–water partition coefficient (Wildman–Crippen LogP) is 3.95. The molecule has 2 N–H and O–H groups in total. The quantitative estimate of drug-likeness (QED) is 0.308. The van der Waals surface area contributed by atoms with Gasteiger partial charge in [0.05, 0.1) is 11.6 Å². The molecular formula is C21H31IN4O2S. The summed E-state index contributed by atoms with van der Waals surface area (Å²) in [5.41, 5.74) is 2.29. The van der Waals surface area contributed by atoms with Gasteiger partial charge in [0, 0.05) is 55.2 Å². The molecule has 1 aromatic carbocycles. The number of aromatic nitrogens is 1. The van der Waals surface area contributed by atoms with Crippen LogP contribution in [0.25, 0.3) is 0 Å². The second-order valence-electron chi connectivity index (χ2n) is 6.81. The first-order valence-corrected chi connectivity index (χ1v) is 10.8. The maximum absolute atomic E-state index is 5.90. The minimum atomic E-state index is 0. The van der Waals surface area contributed by atoms with Gasteiger partial charge in [-0.2, -0.15) is 0 Å². The van der Waals surface area contributed by atoms with E-state index < -0.39 is 0 Å². The molecule has 0 fully saturated rings. The van der Waals surface area contributed by atoms with Crippen molar-refractivity contribution in [3.8, 4) is 11.5 Å². The molecule has 0 saturated carbocycles. The van der Waals surface area contributed by atoms with Crippen LogP contribution in [0.2, 0.25) is 0 Å². The number of fused-ring (bicyclic) bond motifs is 1. The van der Waals surface area contributed by atoms with Gasteiger partial charge in [-0.3, -0.25) is 4.99 Å². The molecule has 0 amide bonds. The Hall–Kier alpha value is -1.55. The van der Waals surface area contributed by atoms with Crippen molar-refractivity contribution in [3.05, 3.63) is 39.3 Å². The van der Waals surface area contributed by atoms with Crippen molar-refractivity contribution in [2.24, 2.45) is 4.99 Å². The molecule has 0 radical (unpaired) electrons. The average molecular weight is 530 g/mol. The first-order chi connectivity index (χ1) is 13.6. The van der Waals surface area contributed by atoms with Gasteiger partial charge in [-0.1, -0.05) is 6.92 Å². The summed E-state index contributed by atoms with van der Waals surface area (Å²) in [5, 5.41) is 7.89. The number of thiazole rings is 1. The van der Waals surface area contributed by atoms with Gasteiger partial charge in [-0.25, -0.2) is 4.98 Å². The highest BCUT2D eigenvalue weighted by atomic mass is 127. The first kappa shape index (κ1) is 23.7. The summed E-state index contributed by atoms with van der Waals surface area (Å²) in [5.74, 6) is 2.65. The summed E-state index contributed by atoms with van der Waals surface area (Å²) in [6.45, 7) is 8.31. The van der Waals surface area contributed by atoms with E-state index in [1.165, 1.54) is 10.4 Å². The van der Waals surface area contributed by atoms with E-state index in [1.807, 2.05) is 13.1 Å². The second-order valence-corrected chi connectivity index (χ2v) is 8.01. The van der Waals surface area contributed by atoms with Crippen molar-refractivity contribution >= 4 is 41.3 Å². The third-order valence-electron chi connectivity index (χ3n) is 4.63. The zero-order valence-corrected chi connectivity index (χ0v) is 20.7. The molecule has 0 bridgehead atoms. The van der Waals surface area contributed by atoms with Crippen LogP contribution in [0.1, 0.15) is 41.8 Å². The first-order valence-electron chi connectivity index (χ1n) is 9.96. The highest BCUT2D eigenvalue weighted by molar-refractivity contribution is 14.0. The lowest BCUT2D eigenvalue weighted by atomic mass is 10.1. The molecule has 2 heterocycles. The Morgan fingerprint density at radius 1 is 1.34 bits per heavy atom. The maximum atomic E-state index is 5.90. The third kappa shape index (κ3) is 6.47. The summed E-state index contributed by atoms with van der Waals surface area (Å²) in [4.78, 5) is 10.1. The molecular weight excluding hydrogens is 499 g/mol. The molecule has 0 saturated heterocycles. The van der Waals surface area contributed by atoms with Crippen LogP contribution in [0, 0.1) is 0 Å². The Morgan fingerprint density at radius 3 is 2.86 bits per heavy atom. The van der Waals surface area contributed by atoms with E-state index in [2.05, 4.69) is 46.6 Å². The maximum Gasteiger partial charge on any atom is 0.191 e. The normalized spacial score (nSPS) is 15.3. The number of halogens is 1. The summed E-state index contributed by atoms with van der Waals surface area (Å²) >= 11 is 1.78. The van der Waals surface area contributed by atoms with Crippen LogP contribution in [0.15, 0.2) is 23.3 Å². The molecule has 1 aromatic heterocycles. The van der Waals surface area contributed by atoms with E-state index in [-0.39, 0.29) is 30.1 Å². The standard InChI is InChI=1S/C21H30N4O2S.HI/c1-5-17-13-24-20(28-17)7-8-23-21(22-4)25-12-16-11-19-15(9-14(3)27-19)10-18(16)26-6-2;/h10-11,13-14H,5-9,12H2,1-4H3,(H2,22,23,25);1H. The molecule has 160 valence electrons. The Balaban J connectivity index is 0.00000300. The lowest BCUT2D eigenvalue weighted by Gasteiger charge is -2.15. The van der Waals surface area contributed by atoms with Crippen LogP contribution in [0.5, 0.6) is 11.5 Å². The molecule has 1 unspecified atom stereocenters. The van der Waals surface area contributed by atoms with E-state index >= 15 is 0 Å². The van der Waals surface area contributed by atoms with Crippen molar-refractivity contribution in [2.75, 3.05) is 20.2 Å². The average Bonchev–Trinajstić information content (AvgIpc) is 3.29. The SMILES string of the molecule is CCOc1cc2c(cc1CNC(=NC)NCCc1ncc(CC)s1)OC(C)C2.I. The third-order valence-corrected chi connectivity index (χ3v) is 5.83. The Labute approximate surface area is 194 Å². The van der Waals surface area contributed by atoms with Gasteiger partial charge >= 0.3 is 0 Å². The van der Waals surface area contributed by atoms with E-state index in [4.69, 9.17) is 9.47 Å². The van der Waals surface area contributed by atoms with E-state index in [9.17, 15) is 0 Å². The van der Waals surface area contributed by atoms with E-state index in [0.717, 1.165) is 53.8 Å². The number of aliphatic imine (C=N–C) groups is 1. The van der Waals surface area contributed by atoms with Crippen LogP contribution >= 0.6 is 35.3 Å². The second kappa shape index (κ2) is 11.6. The topological polar surface area (TPSA) is 67.8 Å². The van der Waals surface area contributed by atoms with Crippen molar-refractivity contribution in [2.45, 2.75) is 52.7 Å². The predicted molar refractivity (Wildman–Crippen MR) is 130 cm³/mol. The van der Waals surface area contributed by atoms with Crippen LogP contribution in [0.3, 0.4) is 0 Å². The molecule has 0 spiro atoms. The lowest BCUT2D eigenvalue weighted by Crippen LogP contribution is -2.37. The summed E-state index contributed by atoms with van der Waals surface area (Å²) in [7, 11) is 1.78. The number of ether oxygens (including phenoxy) is 2. The van der Waals surface area contributed by atoms with Gasteiger partial charge in [0.1, 0.15) is 17.6 Å². The number of hydrogen-bond acceptors (Lipinski definition) is 5. The minimum absolute atomic E-state index is 0. The number of rotatable bonds is 8. The number of hydrogen-bond donors (Lipinski definition) is 2. The number of benzene rings is 1. The molecule has 6 nitrogen and oxygen atoms in total. The Kier molecular flexibility index (Phi) is 9.48. The van der Waals surface area contributed by atoms with Gasteiger partial charge in [-0.15, -0.1) is 35.3 Å². The Bertz CT molecular complexity index is 825. The van der Waals surface area contributed by atoms with Crippen molar-refractivity contribution in [3.63, 3.8) is 0 Å². The van der Waals surface area contributed by atoms with Crippen molar-refractivity contribution < 1.29 is 9.47 Å². The molecule has 8 heteroatoms.